The Labute approximate surface area is 684 Å². The minimum atomic E-state index is -0.0273. The van der Waals surface area contributed by atoms with Gasteiger partial charge in [-0.25, -0.2) is 0 Å². The van der Waals surface area contributed by atoms with E-state index >= 15 is 0 Å². The molecule has 6 heteroatoms. The maximum Gasteiger partial charge on any atom is 0.0542 e. The van der Waals surface area contributed by atoms with E-state index in [0.717, 1.165) is 56.2 Å². The SMILES string of the molecule is CC(C)(C)c1ccc2c(c1)c1cc(C(C)(C)C)ccc1n2-c1ccc2c(c1)c1cc(-n3c4ccc(C(C)(C)C)cc4c4cc(C(C)(C)C)ccc43)ccc1n2-c1cccc(-n2c3ccc(-n4c5ccc(C(C)(C)C)cc5c5cc(C(C)(C)C)ccc54)cc3c3cc(-n4c5ccc(C(C)(C)C)cc5c5cc(C(C)(C)C)ccc54)ccc32)c1. The Kier molecular flexibility index (Phi) is 16.2. The van der Waals surface area contributed by atoms with Crippen LogP contribution in [-0.2, 0) is 43.3 Å². The Bertz CT molecular complexity index is 6240. The lowest BCUT2D eigenvalue weighted by Crippen LogP contribution is -2.10. The molecule has 116 heavy (non-hydrogen) atoms. The zero-order valence-corrected chi connectivity index (χ0v) is 72.8. The van der Waals surface area contributed by atoms with Gasteiger partial charge in [-0.15, -0.1) is 0 Å². The molecule has 19 aromatic rings. The summed E-state index contributed by atoms with van der Waals surface area (Å²) in [5.74, 6) is 0. The van der Waals surface area contributed by atoms with E-state index in [9.17, 15) is 0 Å². The summed E-state index contributed by atoms with van der Waals surface area (Å²) < 4.78 is 15.2. The zero-order chi connectivity index (χ0) is 81.7. The standard InChI is InChI=1S/C110H112N6/c1-103(2,3)65-28-40-91-79(52-65)80-53-66(104(4,5)6)29-41-92(80)113(91)75-36-48-99-87(61-75)88-62-76(114-93-42-30-67(105(7,8)9)54-81(93)82-55-68(106(10,11)12)31-43-94(82)114)37-49-100(88)111(99)73-26-25-27-74(60-73)112-101-50-38-77(115-95-44-32-69(107(13,14)15)56-83(95)84-57-70(108(16,17)18)33-45-96(84)115)63-89(101)90-64-78(39-51-102(90)112)116-97-46-34-71(109(19,20)21)58-85(97)86-59-72(110(22,23)24)35-47-98(86)116/h25-64H,1-24H3. The van der Waals surface area contributed by atoms with Crippen molar-refractivity contribution in [3.05, 3.63) is 287 Å². The number of fused-ring (bicyclic) bond motifs is 18. The predicted octanol–water partition coefficient (Wildman–Crippen LogP) is 30.6. The zero-order valence-electron chi connectivity index (χ0n) is 72.8. The van der Waals surface area contributed by atoms with Gasteiger partial charge in [0.25, 0.3) is 0 Å². The second kappa shape index (κ2) is 25.1. The Morgan fingerprint density at radius 2 is 0.250 bits per heavy atom. The summed E-state index contributed by atoms with van der Waals surface area (Å²) in [6, 6.07) is 96.0. The van der Waals surface area contributed by atoms with E-state index in [1.165, 1.54) is 153 Å². The van der Waals surface area contributed by atoms with Gasteiger partial charge in [0.1, 0.15) is 0 Å². The predicted molar refractivity (Wildman–Crippen MR) is 502 cm³/mol. The maximum absolute atomic E-state index is 2.54. The summed E-state index contributed by atoms with van der Waals surface area (Å²) in [4.78, 5) is 0. The first kappa shape index (κ1) is 74.7. The molecule has 0 bridgehead atoms. The summed E-state index contributed by atoms with van der Waals surface area (Å²) in [5, 5.41) is 15.0. The molecule has 0 N–H and O–H groups in total. The molecule has 6 nitrogen and oxygen atoms in total. The number of rotatable bonds is 6. The molecule has 0 unspecified atom stereocenters. The van der Waals surface area contributed by atoms with Crippen LogP contribution in [0, 0.1) is 0 Å². The molecule has 13 aromatic carbocycles. The van der Waals surface area contributed by atoms with Gasteiger partial charge in [-0.05, 0) is 276 Å². The Morgan fingerprint density at radius 1 is 0.129 bits per heavy atom. The van der Waals surface area contributed by atoms with Gasteiger partial charge in [0, 0.05) is 98.8 Å². The van der Waals surface area contributed by atoms with Crippen LogP contribution >= 0.6 is 0 Å². The minimum absolute atomic E-state index is 0.0273. The van der Waals surface area contributed by atoms with Crippen LogP contribution in [0.25, 0.3) is 165 Å². The molecule has 0 fully saturated rings. The van der Waals surface area contributed by atoms with Crippen LogP contribution in [0.1, 0.15) is 211 Å². The highest BCUT2D eigenvalue weighted by Crippen LogP contribution is 2.48. The molecule has 6 heterocycles. The summed E-state index contributed by atoms with van der Waals surface area (Å²) in [6.07, 6.45) is 0. The lowest BCUT2D eigenvalue weighted by atomic mass is 9.85. The number of nitrogens with zero attached hydrogens (tertiary/aromatic N) is 6. The van der Waals surface area contributed by atoms with Gasteiger partial charge < -0.3 is 27.4 Å². The van der Waals surface area contributed by atoms with Crippen LogP contribution in [0.15, 0.2) is 243 Å². The summed E-state index contributed by atoms with van der Waals surface area (Å²) in [7, 11) is 0. The van der Waals surface area contributed by atoms with Crippen molar-refractivity contribution in [2.75, 3.05) is 0 Å². The Hall–Kier alpha value is -11.3. The monoisotopic (exact) mass is 1520 g/mol. The van der Waals surface area contributed by atoms with Crippen molar-refractivity contribution in [2.24, 2.45) is 0 Å². The second-order valence-corrected chi connectivity index (χ2v) is 42.2. The molecule has 0 aliphatic carbocycles. The molecule has 0 aliphatic rings. The molecule has 0 saturated carbocycles. The van der Waals surface area contributed by atoms with Crippen molar-refractivity contribution in [1.29, 1.82) is 0 Å². The molecule has 19 rings (SSSR count). The van der Waals surface area contributed by atoms with Crippen molar-refractivity contribution < 1.29 is 0 Å². The van der Waals surface area contributed by atoms with Crippen LogP contribution in [-0.4, -0.2) is 27.4 Å². The Morgan fingerprint density at radius 3 is 0.388 bits per heavy atom. The van der Waals surface area contributed by atoms with Gasteiger partial charge in [-0.1, -0.05) is 221 Å². The van der Waals surface area contributed by atoms with Gasteiger partial charge in [-0.2, -0.15) is 0 Å². The molecular weight excluding hydrogens is 1410 g/mol. The van der Waals surface area contributed by atoms with E-state index in [2.05, 4.69) is 436 Å². The molecule has 6 aromatic heterocycles. The van der Waals surface area contributed by atoms with Gasteiger partial charge >= 0.3 is 0 Å². The number of benzene rings is 13. The third kappa shape index (κ3) is 11.9. The van der Waals surface area contributed by atoms with Crippen LogP contribution in [0.5, 0.6) is 0 Å². The van der Waals surface area contributed by atoms with Gasteiger partial charge in [0.15, 0.2) is 0 Å². The normalized spacial score (nSPS) is 13.5. The van der Waals surface area contributed by atoms with Gasteiger partial charge in [-0.3, -0.25) is 0 Å². The van der Waals surface area contributed by atoms with Crippen molar-refractivity contribution >= 4 is 131 Å². The average molecular weight is 1520 g/mol. The summed E-state index contributed by atoms with van der Waals surface area (Å²) >= 11 is 0. The molecule has 0 amide bonds. The van der Waals surface area contributed by atoms with Crippen LogP contribution in [0.4, 0.5) is 0 Å². The molecule has 582 valence electrons. The number of hydrogen-bond acceptors (Lipinski definition) is 0. The van der Waals surface area contributed by atoms with Crippen molar-refractivity contribution in [2.45, 2.75) is 209 Å². The third-order valence-corrected chi connectivity index (χ3v) is 25.8. The first-order valence-corrected chi connectivity index (χ1v) is 42.2. The van der Waals surface area contributed by atoms with E-state index in [4.69, 9.17) is 0 Å². The molecule has 0 aliphatic heterocycles. The first-order chi connectivity index (χ1) is 54.5. The highest BCUT2D eigenvalue weighted by molar-refractivity contribution is 6.17. The van der Waals surface area contributed by atoms with Crippen LogP contribution in [0.2, 0.25) is 0 Å². The molecule has 0 radical (unpaired) electrons. The van der Waals surface area contributed by atoms with Crippen molar-refractivity contribution in [1.82, 2.24) is 27.4 Å². The largest absolute Gasteiger partial charge is 0.309 e. The second-order valence-electron chi connectivity index (χ2n) is 42.2. The van der Waals surface area contributed by atoms with E-state index in [1.54, 1.807) is 0 Å². The smallest absolute Gasteiger partial charge is 0.0542 e. The highest BCUT2D eigenvalue weighted by Gasteiger charge is 2.30. The molecule has 0 saturated heterocycles. The lowest BCUT2D eigenvalue weighted by Gasteiger charge is -2.19. The van der Waals surface area contributed by atoms with Crippen molar-refractivity contribution in [3.63, 3.8) is 0 Å². The quantitative estimate of drug-likeness (QED) is 0.159. The van der Waals surface area contributed by atoms with Gasteiger partial charge in [0.05, 0.1) is 66.2 Å². The van der Waals surface area contributed by atoms with Crippen LogP contribution in [0.3, 0.4) is 0 Å². The van der Waals surface area contributed by atoms with E-state index < -0.39 is 0 Å². The van der Waals surface area contributed by atoms with E-state index in [-0.39, 0.29) is 43.3 Å². The van der Waals surface area contributed by atoms with E-state index in [0.29, 0.717) is 0 Å². The Balaban J connectivity index is 0.864. The van der Waals surface area contributed by atoms with E-state index in [1.807, 2.05) is 0 Å². The average Bonchev–Trinajstić information content (AvgIpc) is 1.54. The fourth-order valence-corrected chi connectivity index (χ4v) is 18.8. The fourth-order valence-electron chi connectivity index (χ4n) is 18.8. The molecule has 0 atom stereocenters. The lowest BCUT2D eigenvalue weighted by molar-refractivity contribution is 0.590. The highest BCUT2D eigenvalue weighted by atomic mass is 15.0. The molecule has 0 spiro atoms. The number of aromatic nitrogens is 6. The maximum atomic E-state index is 2.54. The summed E-state index contributed by atoms with van der Waals surface area (Å²) in [5.41, 5.74) is 31.3. The fraction of sp³-hybridized carbons (Fsp3) is 0.291. The number of hydrogen-bond donors (Lipinski definition) is 0. The topological polar surface area (TPSA) is 29.6 Å². The van der Waals surface area contributed by atoms with Crippen molar-refractivity contribution in [3.8, 4) is 34.1 Å². The summed E-state index contributed by atoms with van der Waals surface area (Å²) in [6.45, 7) is 55.9. The van der Waals surface area contributed by atoms with Gasteiger partial charge in [0.2, 0.25) is 0 Å². The first-order valence-electron chi connectivity index (χ1n) is 42.2. The van der Waals surface area contributed by atoms with Crippen LogP contribution < -0.4 is 0 Å². The minimum Gasteiger partial charge on any atom is -0.309 e. The molecular formula is C110H112N6. The third-order valence-electron chi connectivity index (χ3n) is 25.8.